The molecule has 2 N–H and O–H groups in total. The fraction of sp³-hybridized carbons (Fsp3) is 0.333. The van der Waals surface area contributed by atoms with E-state index >= 15 is 0 Å². The van der Waals surface area contributed by atoms with Gasteiger partial charge in [0.1, 0.15) is 11.4 Å². The minimum atomic E-state index is -1.26. The van der Waals surface area contributed by atoms with E-state index in [1.807, 2.05) is 6.92 Å². The van der Waals surface area contributed by atoms with Gasteiger partial charge in [0.2, 0.25) is 5.78 Å². The third-order valence-corrected chi connectivity index (χ3v) is 3.90. The number of ketones is 1. The number of nitrogens with one attached hydrogen (secondary N) is 1. The van der Waals surface area contributed by atoms with Gasteiger partial charge in [0.15, 0.2) is 5.13 Å². The van der Waals surface area contributed by atoms with Crippen molar-refractivity contribution in [2.75, 3.05) is 18.1 Å². The first-order valence-corrected chi connectivity index (χ1v) is 7.96. The smallest absolute Gasteiger partial charge is 0.341 e. The lowest BCUT2D eigenvalue weighted by molar-refractivity contribution is -0.134. The maximum absolute atomic E-state index is 12.5. The highest BCUT2D eigenvalue weighted by atomic mass is 32.1. The van der Waals surface area contributed by atoms with Crippen LogP contribution in [0.15, 0.2) is 39.5 Å². The molecule has 0 fully saturated rings. The van der Waals surface area contributed by atoms with Crippen LogP contribution in [0.25, 0.3) is 0 Å². The van der Waals surface area contributed by atoms with Crippen molar-refractivity contribution in [3.05, 3.63) is 34.5 Å². The Morgan fingerprint density at radius 1 is 1.48 bits per heavy atom. The van der Waals surface area contributed by atoms with Gasteiger partial charge in [0, 0.05) is 17.8 Å². The monoisotopic (exact) mass is 334 g/mol. The second-order valence-corrected chi connectivity index (χ2v) is 5.85. The van der Waals surface area contributed by atoms with Crippen molar-refractivity contribution in [2.24, 2.45) is 4.99 Å². The predicted molar refractivity (Wildman–Crippen MR) is 89.7 cm³/mol. The number of carbonyl (C=O) groups excluding carboxylic acids is 1. The number of hydrogen-bond donors (Lipinski definition) is 2. The number of thiazole rings is 1. The highest BCUT2D eigenvalue weighted by molar-refractivity contribution is 7.13. The molecule has 0 aromatic carbocycles. The molecule has 1 aromatic rings. The molecule has 0 spiro atoms. The number of aliphatic carboxylic acids is 1. The van der Waals surface area contributed by atoms with Crippen LogP contribution in [0.2, 0.25) is 0 Å². The Balaban J connectivity index is 2.62. The molecule has 0 saturated carbocycles. The van der Waals surface area contributed by atoms with Crippen LogP contribution in [0.1, 0.15) is 20.8 Å². The molecule has 23 heavy (non-hydrogen) atoms. The number of aliphatic imine (C=N–C) groups is 1. The van der Waals surface area contributed by atoms with Crippen molar-refractivity contribution in [1.29, 1.82) is 0 Å². The standard InChI is InChI=1S/C15H18N4O3S/c1-4-16-8-18-13-11(9(2)3)12(20)10(14(21)22)7-19(13)15-17-5-6-23-15/h5-7,16H,4,8H2,1-3H3,(H,21,22). The van der Waals surface area contributed by atoms with E-state index in [-0.39, 0.29) is 5.57 Å². The van der Waals surface area contributed by atoms with Gasteiger partial charge in [0.25, 0.3) is 0 Å². The van der Waals surface area contributed by atoms with Gasteiger partial charge < -0.3 is 5.11 Å². The number of carbonyl (C=O) groups is 2. The molecule has 2 rings (SSSR count). The number of hydrogen-bond acceptors (Lipinski definition) is 6. The summed E-state index contributed by atoms with van der Waals surface area (Å²) in [5.41, 5.74) is 0.718. The number of aromatic nitrogens is 1. The SMILES string of the molecule is CCNCN=C1C(=C(C)C)C(=O)C(C(=O)O)=CN1c1nccs1. The molecule has 0 atom stereocenters. The molecule has 122 valence electrons. The average molecular weight is 334 g/mol. The molecule has 1 aliphatic heterocycles. The van der Waals surface area contributed by atoms with Gasteiger partial charge in [-0.05, 0) is 20.4 Å². The summed E-state index contributed by atoms with van der Waals surface area (Å²) in [5.74, 6) is -1.38. The molecule has 1 aromatic heterocycles. The number of carboxylic acids is 1. The van der Waals surface area contributed by atoms with Gasteiger partial charge >= 0.3 is 5.97 Å². The minimum Gasteiger partial charge on any atom is -0.477 e. The van der Waals surface area contributed by atoms with Crippen LogP contribution in [-0.4, -0.2) is 40.9 Å². The van der Waals surface area contributed by atoms with Crippen molar-refractivity contribution in [2.45, 2.75) is 20.8 Å². The van der Waals surface area contributed by atoms with E-state index < -0.39 is 11.8 Å². The van der Waals surface area contributed by atoms with Gasteiger partial charge in [-0.25, -0.2) is 9.78 Å². The summed E-state index contributed by atoms with van der Waals surface area (Å²) in [6, 6.07) is 0. The summed E-state index contributed by atoms with van der Waals surface area (Å²) in [7, 11) is 0. The van der Waals surface area contributed by atoms with Crippen molar-refractivity contribution in [3.63, 3.8) is 0 Å². The van der Waals surface area contributed by atoms with Crippen molar-refractivity contribution >= 4 is 34.1 Å². The fourth-order valence-electron chi connectivity index (χ4n) is 2.09. The van der Waals surface area contributed by atoms with E-state index in [9.17, 15) is 14.7 Å². The third kappa shape index (κ3) is 3.54. The third-order valence-electron chi connectivity index (χ3n) is 3.13. The zero-order valence-corrected chi connectivity index (χ0v) is 14.0. The normalized spacial score (nSPS) is 16.7. The Hall–Kier alpha value is -2.32. The minimum absolute atomic E-state index is 0.293. The summed E-state index contributed by atoms with van der Waals surface area (Å²) in [4.78, 5) is 34.1. The van der Waals surface area contributed by atoms with Crippen LogP contribution in [-0.2, 0) is 9.59 Å². The Labute approximate surface area is 138 Å². The van der Waals surface area contributed by atoms with Crippen molar-refractivity contribution in [1.82, 2.24) is 10.3 Å². The molecule has 0 saturated heterocycles. The average Bonchev–Trinajstić information content (AvgIpc) is 3.00. The Kier molecular flexibility index (Phi) is 5.41. The molecule has 7 nitrogen and oxygen atoms in total. The highest BCUT2D eigenvalue weighted by Crippen LogP contribution is 2.28. The largest absolute Gasteiger partial charge is 0.477 e. The Morgan fingerprint density at radius 3 is 2.74 bits per heavy atom. The second-order valence-electron chi connectivity index (χ2n) is 4.98. The van der Waals surface area contributed by atoms with Crippen LogP contribution in [0.3, 0.4) is 0 Å². The van der Waals surface area contributed by atoms with Gasteiger partial charge in [-0.2, -0.15) is 0 Å². The summed E-state index contributed by atoms with van der Waals surface area (Å²) in [5, 5.41) is 14.7. The van der Waals surface area contributed by atoms with Crippen LogP contribution in [0, 0.1) is 0 Å². The van der Waals surface area contributed by atoms with Gasteiger partial charge in [-0.1, -0.05) is 12.5 Å². The molecule has 0 unspecified atom stereocenters. The first kappa shape index (κ1) is 17.0. The molecular formula is C15H18N4O3S. The summed E-state index contributed by atoms with van der Waals surface area (Å²) in [6.07, 6.45) is 2.91. The number of amidine groups is 1. The first-order chi connectivity index (χ1) is 11.0. The Bertz CT molecular complexity index is 700. The summed E-state index contributed by atoms with van der Waals surface area (Å²) < 4.78 is 0. The van der Waals surface area contributed by atoms with Crippen LogP contribution in [0.5, 0.6) is 0 Å². The quantitative estimate of drug-likeness (QED) is 0.484. The van der Waals surface area contributed by atoms with Crippen LogP contribution < -0.4 is 10.2 Å². The van der Waals surface area contributed by atoms with Gasteiger partial charge in [-0.3, -0.25) is 20.0 Å². The van der Waals surface area contributed by atoms with E-state index in [0.717, 1.165) is 6.54 Å². The molecule has 0 aliphatic carbocycles. The number of allylic oxidation sites excluding steroid dienone is 1. The van der Waals surface area contributed by atoms with E-state index in [0.29, 0.717) is 28.8 Å². The van der Waals surface area contributed by atoms with Gasteiger partial charge in [0.05, 0.1) is 12.2 Å². The summed E-state index contributed by atoms with van der Waals surface area (Å²) >= 11 is 1.34. The lowest BCUT2D eigenvalue weighted by Gasteiger charge is -2.27. The molecule has 0 radical (unpaired) electrons. The number of rotatable bonds is 5. The van der Waals surface area contributed by atoms with Crippen molar-refractivity contribution < 1.29 is 14.7 Å². The van der Waals surface area contributed by atoms with Crippen LogP contribution >= 0.6 is 11.3 Å². The molecule has 0 bridgehead atoms. The maximum Gasteiger partial charge on any atom is 0.341 e. The zero-order valence-electron chi connectivity index (χ0n) is 13.2. The van der Waals surface area contributed by atoms with E-state index in [2.05, 4.69) is 15.3 Å². The zero-order chi connectivity index (χ0) is 17.0. The number of Topliss-reactive ketones (excluding diaryl/α,β-unsaturated/α-hetero) is 1. The molecule has 0 amide bonds. The molecule has 8 heteroatoms. The molecular weight excluding hydrogens is 316 g/mol. The number of anilines is 1. The maximum atomic E-state index is 12.5. The summed E-state index contributed by atoms with van der Waals surface area (Å²) in [6.45, 7) is 6.55. The van der Waals surface area contributed by atoms with E-state index in [1.165, 1.54) is 17.5 Å². The van der Waals surface area contributed by atoms with Crippen LogP contribution in [0.4, 0.5) is 5.13 Å². The predicted octanol–water partition coefficient (Wildman–Crippen LogP) is 1.80. The molecule has 1 aliphatic rings. The topological polar surface area (TPSA) is 94.9 Å². The fourth-order valence-corrected chi connectivity index (χ4v) is 2.70. The van der Waals surface area contributed by atoms with E-state index in [4.69, 9.17) is 0 Å². The number of carboxylic acid groups (broad SMARTS) is 1. The Morgan fingerprint density at radius 2 is 2.22 bits per heavy atom. The highest BCUT2D eigenvalue weighted by Gasteiger charge is 2.35. The van der Waals surface area contributed by atoms with Gasteiger partial charge in [-0.15, -0.1) is 11.3 Å². The number of nitrogens with zero attached hydrogens (tertiary/aromatic N) is 3. The van der Waals surface area contributed by atoms with Crippen molar-refractivity contribution in [3.8, 4) is 0 Å². The molecule has 2 heterocycles. The lowest BCUT2D eigenvalue weighted by atomic mass is 9.95. The lowest BCUT2D eigenvalue weighted by Crippen LogP contribution is -2.39. The second kappa shape index (κ2) is 7.30. The first-order valence-electron chi connectivity index (χ1n) is 7.08. The van der Waals surface area contributed by atoms with E-state index in [1.54, 1.807) is 30.3 Å².